The molecular formula is C35H33ClNOP. The number of amides is 1. The van der Waals surface area contributed by atoms with Gasteiger partial charge in [-0.15, -0.1) is 0 Å². The van der Waals surface area contributed by atoms with E-state index in [1.54, 1.807) is 0 Å². The molecule has 1 N–H and O–H groups in total. The Kier molecular flexibility index (Phi) is 9.36. The van der Waals surface area contributed by atoms with E-state index in [1.807, 2.05) is 30.3 Å². The minimum absolute atomic E-state index is 0. The van der Waals surface area contributed by atoms with Gasteiger partial charge in [0, 0.05) is 5.69 Å². The molecule has 1 amide bonds. The van der Waals surface area contributed by atoms with E-state index >= 15 is 0 Å². The van der Waals surface area contributed by atoms with Gasteiger partial charge < -0.3 is 17.7 Å². The fourth-order valence-electron chi connectivity index (χ4n) is 5.22. The minimum Gasteiger partial charge on any atom is -1.00 e. The number of rotatable bonds is 8. The van der Waals surface area contributed by atoms with Crippen molar-refractivity contribution in [1.82, 2.24) is 0 Å². The summed E-state index contributed by atoms with van der Waals surface area (Å²) in [5.74, 6) is 0.234. The van der Waals surface area contributed by atoms with Crippen LogP contribution in [0.2, 0.25) is 0 Å². The molecule has 0 bridgehead atoms. The van der Waals surface area contributed by atoms with Crippen molar-refractivity contribution < 1.29 is 17.2 Å². The fourth-order valence-corrected chi connectivity index (χ4v) is 9.66. The average Bonchev–Trinajstić information content (AvgIpc) is 2.97. The first-order valence-corrected chi connectivity index (χ1v) is 15.1. The van der Waals surface area contributed by atoms with Crippen molar-refractivity contribution in [2.24, 2.45) is 0 Å². The summed E-state index contributed by atoms with van der Waals surface area (Å²) in [6.07, 6.45) is 0.828. The molecule has 0 unspecified atom stereocenters. The van der Waals surface area contributed by atoms with Gasteiger partial charge in [-0.3, -0.25) is 4.79 Å². The molecule has 0 spiro atoms. The maximum atomic E-state index is 14.1. The van der Waals surface area contributed by atoms with Crippen LogP contribution in [-0.4, -0.2) is 5.91 Å². The van der Waals surface area contributed by atoms with Gasteiger partial charge in [0.1, 0.15) is 23.2 Å². The Morgan fingerprint density at radius 1 is 0.641 bits per heavy atom. The van der Waals surface area contributed by atoms with E-state index in [-0.39, 0.29) is 18.3 Å². The Bertz CT molecular complexity index is 1460. The molecule has 2 nitrogen and oxygen atoms in total. The van der Waals surface area contributed by atoms with Gasteiger partial charge in [0.2, 0.25) is 0 Å². The minimum atomic E-state index is -2.26. The number of carbonyl (C=O) groups excluding carboxylic acids is 1. The summed E-state index contributed by atoms with van der Waals surface area (Å²) >= 11 is 0. The molecule has 0 aliphatic rings. The third kappa shape index (κ3) is 5.98. The fraction of sp³-hybridized carbons (Fsp3) is 0.114. The van der Waals surface area contributed by atoms with Gasteiger partial charge in [0.15, 0.2) is 0 Å². The van der Waals surface area contributed by atoms with Crippen LogP contribution in [0.15, 0.2) is 140 Å². The number of hydrogen-bond acceptors (Lipinski definition) is 1. The molecule has 196 valence electrons. The third-order valence-electron chi connectivity index (χ3n) is 7.05. The quantitative estimate of drug-likeness (QED) is 0.283. The molecule has 39 heavy (non-hydrogen) atoms. The van der Waals surface area contributed by atoms with Gasteiger partial charge in [-0.2, -0.15) is 0 Å². The molecule has 4 heteroatoms. The summed E-state index contributed by atoms with van der Waals surface area (Å²) in [5.41, 5.74) is 3.99. The Hall–Kier alpha value is -3.71. The number of anilines is 1. The smallest absolute Gasteiger partial charge is 0.259 e. The zero-order valence-electron chi connectivity index (χ0n) is 22.3. The monoisotopic (exact) mass is 549 g/mol. The van der Waals surface area contributed by atoms with Gasteiger partial charge in [-0.25, -0.2) is 0 Å². The summed E-state index contributed by atoms with van der Waals surface area (Å²) in [6, 6.07) is 48.4. The first-order valence-electron chi connectivity index (χ1n) is 13.1. The molecule has 0 aromatic heterocycles. The van der Waals surface area contributed by atoms with E-state index in [9.17, 15) is 4.79 Å². The Balaban J connectivity index is 0.00000353. The van der Waals surface area contributed by atoms with Gasteiger partial charge in [0.25, 0.3) is 5.91 Å². The van der Waals surface area contributed by atoms with Crippen molar-refractivity contribution in [2.75, 3.05) is 5.32 Å². The van der Waals surface area contributed by atoms with Crippen LogP contribution in [0.25, 0.3) is 0 Å². The molecule has 5 rings (SSSR count). The summed E-state index contributed by atoms with van der Waals surface area (Å²) < 4.78 is 0. The molecule has 5 aromatic carbocycles. The lowest BCUT2D eigenvalue weighted by molar-refractivity contribution is -0.0000151. The lowest BCUT2D eigenvalue weighted by Gasteiger charge is -2.29. The maximum Gasteiger partial charge on any atom is 0.259 e. The van der Waals surface area contributed by atoms with Gasteiger partial charge >= 0.3 is 0 Å². The van der Waals surface area contributed by atoms with E-state index in [2.05, 4.69) is 128 Å². The van der Waals surface area contributed by atoms with Crippen LogP contribution >= 0.6 is 7.26 Å². The van der Waals surface area contributed by atoms with Crippen LogP contribution < -0.4 is 33.6 Å². The normalized spacial score (nSPS) is 11.1. The van der Waals surface area contributed by atoms with Crippen molar-refractivity contribution >= 4 is 34.8 Å². The number of nitrogens with one attached hydrogen (secondary N) is 1. The molecule has 0 aliphatic heterocycles. The molecule has 0 saturated carbocycles. The second kappa shape index (κ2) is 12.9. The van der Waals surface area contributed by atoms with Crippen LogP contribution in [0, 0.1) is 0 Å². The van der Waals surface area contributed by atoms with Crippen LogP contribution in [-0.2, 0) is 6.16 Å². The maximum absolute atomic E-state index is 14.1. The molecular weight excluding hydrogens is 517 g/mol. The SMILES string of the molecule is CC(C)c1ccccc1NC(=O)c1ccccc1[P+](Cc1ccccc1)(c1ccccc1)c1ccccc1.[Cl-]. The van der Waals surface area contributed by atoms with Crippen molar-refractivity contribution in [3.05, 3.63) is 156 Å². The largest absolute Gasteiger partial charge is 1.00 e. The van der Waals surface area contributed by atoms with E-state index in [0.717, 1.165) is 28.3 Å². The second-order valence-electron chi connectivity index (χ2n) is 9.84. The molecule has 5 aromatic rings. The van der Waals surface area contributed by atoms with E-state index in [4.69, 9.17) is 0 Å². The highest BCUT2D eigenvalue weighted by atomic mass is 35.5. The Morgan fingerprint density at radius 3 is 1.72 bits per heavy atom. The zero-order chi connectivity index (χ0) is 26.4. The highest BCUT2D eigenvalue weighted by Crippen LogP contribution is 2.58. The van der Waals surface area contributed by atoms with Crippen LogP contribution in [0.3, 0.4) is 0 Å². The van der Waals surface area contributed by atoms with Crippen molar-refractivity contribution in [1.29, 1.82) is 0 Å². The Labute approximate surface area is 238 Å². The molecule has 0 aliphatic carbocycles. The van der Waals surface area contributed by atoms with Crippen LogP contribution in [0.1, 0.15) is 41.3 Å². The summed E-state index contributed by atoms with van der Waals surface area (Å²) in [7, 11) is -2.26. The summed E-state index contributed by atoms with van der Waals surface area (Å²) in [5, 5.41) is 6.89. The second-order valence-corrected chi connectivity index (χ2v) is 13.3. The molecule has 0 fully saturated rings. The molecule has 0 radical (unpaired) electrons. The van der Waals surface area contributed by atoms with E-state index < -0.39 is 7.26 Å². The topological polar surface area (TPSA) is 29.1 Å². The lowest BCUT2D eigenvalue weighted by atomic mass is 10.0. The lowest BCUT2D eigenvalue weighted by Crippen LogP contribution is -3.00. The molecule has 0 heterocycles. The van der Waals surface area contributed by atoms with E-state index in [1.165, 1.54) is 16.2 Å². The highest BCUT2D eigenvalue weighted by molar-refractivity contribution is 7.95. The third-order valence-corrected chi connectivity index (χ3v) is 11.5. The first-order chi connectivity index (χ1) is 18.6. The zero-order valence-corrected chi connectivity index (χ0v) is 23.9. The predicted molar refractivity (Wildman–Crippen MR) is 164 cm³/mol. The predicted octanol–water partition coefficient (Wildman–Crippen LogP) is 4.56. The number of benzene rings is 5. The number of hydrogen-bond donors (Lipinski definition) is 1. The standard InChI is InChI=1S/C35H32NOP.ClH/c1-27(2)31-22-12-14-24-33(31)36-35(37)32-23-13-15-25-34(32)38(29-18-8-4-9-19-29,30-20-10-5-11-21-30)26-28-16-6-3-7-17-28;/h3-25,27H,26H2,1-2H3;1H. The Morgan fingerprint density at radius 2 is 1.13 bits per heavy atom. The van der Waals surface area contributed by atoms with Crippen molar-refractivity contribution in [3.8, 4) is 0 Å². The highest BCUT2D eigenvalue weighted by Gasteiger charge is 2.47. The van der Waals surface area contributed by atoms with Gasteiger partial charge in [-0.1, -0.05) is 111 Å². The molecule has 0 atom stereocenters. The van der Waals surface area contributed by atoms with Crippen LogP contribution in [0.4, 0.5) is 5.69 Å². The molecule has 0 saturated heterocycles. The summed E-state index contributed by atoms with van der Waals surface area (Å²) in [4.78, 5) is 14.1. The van der Waals surface area contributed by atoms with Gasteiger partial charge in [0.05, 0.1) is 11.7 Å². The number of carbonyl (C=O) groups is 1. The first kappa shape index (κ1) is 28.3. The summed E-state index contributed by atoms with van der Waals surface area (Å²) in [6.45, 7) is 4.31. The number of para-hydroxylation sites is 1. The van der Waals surface area contributed by atoms with Crippen molar-refractivity contribution in [2.45, 2.75) is 25.9 Å². The van der Waals surface area contributed by atoms with Crippen molar-refractivity contribution in [3.63, 3.8) is 0 Å². The van der Waals surface area contributed by atoms with Crippen LogP contribution in [0.5, 0.6) is 0 Å². The number of halogens is 1. The average molecular weight is 550 g/mol. The van der Waals surface area contributed by atoms with Gasteiger partial charge in [-0.05, 0) is 59.5 Å². The van der Waals surface area contributed by atoms with E-state index in [0.29, 0.717) is 5.92 Å².